The second-order valence-electron chi connectivity index (χ2n) is 8.67. The van der Waals surface area contributed by atoms with Gasteiger partial charge in [0.2, 0.25) is 5.91 Å². The molecule has 5 aliphatic carbocycles. The third-order valence-electron chi connectivity index (χ3n) is 5.96. The number of carbonyl (C=O) groups is 1. The summed E-state index contributed by atoms with van der Waals surface area (Å²) in [6, 6.07) is 0. The summed E-state index contributed by atoms with van der Waals surface area (Å²) in [5, 5.41) is 3.50. The van der Waals surface area contributed by atoms with Crippen molar-refractivity contribution in [2.24, 2.45) is 22.7 Å². The first-order valence-electron chi connectivity index (χ1n) is 7.72. The predicted molar refractivity (Wildman–Crippen MR) is 71.0 cm³/mol. The van der Waals surface area contributed by atoms with Crippen LogP contribution in [0, 0.1) is 22.7 Å². The van der Waals surface area contributed by atoms with Crippen molar-refractivity contribution in [2.75, 3.05) is 0 Å². The fourth-order valence-corrected chi connectivity index (χ4v) is 6.30. The van der Waals surface area contributed by atoms with Crippen LogP contribution in [0.25, 0.3) is 0 Å². The van der Waals surface area contributed by atoms with Crippen LogP contribution in [0.3, 0.4) is 0 Å². The number of nitrogens with one attached hydrogen (secondary N) is 1. The van der Waals surface area contributed by atoms with Crippen molar-refractivity contribution in [1.82, 2.24) is 5.32 Å². The van der Waals surface area contributed by atoms with Gasteiger partial charge in [0.05, 0.1) is 0 Å². The molecular weight excluding hydrogens is 222 g/mol. The standard InChI is InChI=1S/C16H25NO/c1-14-5-11-6-15(2,8-14)10-16(7-11,9-14)17-13(18)12-3-4-12/h11-12H,3-10H2,1-2H3,(H,17,18)/t11?,14-,15-,16?/m0/s1. The topological polar surface area (TPSA) is 29.1 Å². The van der Waals surface area contributed by atoms with Crippen molar-refractivity contribution in [3.63, 3.8) is 0 Å². The Labute approximate surface area is 110 Å². The molecule has 5 rings (SSSR count). The van der Waals surface area contributed by atoms with Crippen LogP contribution in [-0.4, -0.2) is 11.4 Å². The molecule has 2 nitrogen and oxygen atoms in total. The van der Waals surface area contributed by atoms with E-state index in [2.05, 4.69) is 19.2 Å². The normalized spacial score (nSPS) is 53.6. The van der Waals surface area contributed by atoms with E-state index in [1.54, 1.807) is 0 Å². The molecule has 0 heterocycles. The highest BCUT2D eigenvalue weighted by Gasteiger charge is 2.60. The number of amides is 1. The first-order valence-corrected chi connectivity index (χ1v) is 7.72. The molecule has 0 spiro atoms. The molecule has 18 heavy (non-hydrogen) atoms. The van der Waals surface area contributed by atoms with E-state index in [-0.39, 0.29) is 5.54 Å². The molecule has 5 aliphatic rings. The number of hydrogen-bond acceptors (Lipinski definition) is 1. The smallest absolute Gasteiger partial charge is 0.223 e. The Morgan fingerprint density at radius 2 is 1.61 bits per heavy atom. The van der Waals surface area contributed by atoms with E-state index < -0.39 is 0 Å². The molecule has 0 aromatic carbocycles. The van der Waals surface area contributed by atoms with Crippen LogP contribution in [0.1, 0.15) is 65.2 Å². The van der Waals surface area contributed by atoms with Gasteiger partial charge in [0.15, 0.2) is 0 Å². The lowest BCUT2D eigenvalue weighted by atomic mass is 9.43. The van der Waals surface area contributed by atoms with Crippen molar-refractivity contribution in [1.29, 1.82) is 0 Å². The summed E-state index contributed by atoms with van der Waals surface area (Å²) in [6.45, 7) is 4.93. The zero-order valence-corrected chi connectivity index (χ0v) is 11.7. The minimum atomic E-state index is 0.169. The minimum absolute atomic E-state index is 0.169. The summed E-state index contributed by atoms with van der Waals surface area (Å²) in [5.74, 6) is 1.60. The SMILES string of the molecule is C[C@@]12CC3CC(NC(=O)C4CC4)(C1)C[C@@](C)(C3)C2. The van der Waals surface area contributed by atoms with E-state index in [9.17, 15) is 4.79 Å². The van der Waals surface area contributed by atoms with E-state index >= 15 is 0 Å². The molecule has 100 valence electrons. The molecule has 0 radical (unpaired) electrons. The first kappa shape index (κ1) is 11.3. The van der Waals surface area contributed by atoms with Crippen LogP contribution in [0.2, 0.25) is 0 Å². The van der Waals surface area contributed by atoms with Crippen LogP contribution in [0.15, 0.2) is 0 Å². The maximum atomic E-state index is 12.2. The predicted octanol–water partition coefficient (Wildman–Crippen LogP) is 3.26. The van der Waals surface area contributed by atoms with Gasteiger partial charge in [-0.2, -0.15) is 0 Å². The highest BCUT2D eigenvalue weighted by atomic mass is 16.2. The average molecular weight is 247 g/mol. The van der Waals surface area contributed by atoms with Crippen molar-refractivity contribution in [3.05, 3.63) is 0 Å². The molecule has 1 N–H and O–H groups in total. The number of hydrogen-bond donors (Lipinski definition) is 1. The van der Waals surface area contributed by atoms with Crippen LogP contribution < -0.4 is 5.32 Å². The van der Waals surface area contributed by atoms with Crippen LogP contribution in [0.5, 0.6) is 0 Å². The zero-order valence-electron chi connectivity index (χ0n) is 11.7. The molecule has 0 aliphatic heterocycles. The molecule has 1 amide bonds. The molecule has 5 saturated carbocycles. The van der Waals surface area contributed by atoms with Crippen LogP contribution in [-0.2, 0) is 4.79 Å². The molecule has 2 atom stereocenters. The lowest BCUT2D eigenvalue weighted by Gasteiger charge is -2.65. The number of carbonyl (C=O) groups excluding carboxylic acids is 1. The largest absolute Gasteiger partial charge is 0.350 e. The second kappa shape index (κ2) is 3.13. The third kappa shape index (κ3) is 1.64. The van der Waals surface area contributed by atoms with Gasteiger partial charge in [-0.1, -0.05) is 13.8 Å². The Balaban J connectivity index is 1.62. The van der Waals surface area contributed by atoms with E-state index in [1.165, 1.54) is 38.5 Å². The van der Waals surface area contributed by atoms with Crippen molar-refractivity contribution in [3.8, 4) is 0 Å². The molecule has 2 heteroatoms. The van der Waals surface area contributed by atoms with Gasteiger partial charge in [-0.15, -0.1) is 0 Å². The summed E-state index contributed by atoms with van der Waals surface area (Å²) in [4.78, 5) is 12.2. The molecule has 0 aromatic heterocycles. The van der Waals surface area contributed by atoms with E-state index in [1.807, 2.05) is 0 Å². The second-order valence-corrected chi connectivity index (χ2v) is 8.67. The molecule has 4 bridgehead atoms. The Bertz CT molecular complexity index is 393. The van der Waals surface area contributed by atoms with Gasteiger partial charge in [-0.3, -0.25) is 4.79 Å². The number of rotatable bonds is 2. The fraction of sp³-hybridized carbons (Fsp3) is 0.938. The van der Waals surface area contributed by atoms with E-state index in [0.29, 0.717) is 22.7 Å². The van der Waals surface area contributed by atoms with E-state index in [0.717, 1.165) is 18.8 Å². The van der Waals surface area contributed by atoms with Gasteiger partial charge >= 0.3 is 0 Å². The summed E-state index contributed by atoms with van der Waals surface area (Å²) in [6.07, 6.45) is 10.2. The minimum Gasteiger partial charge on any atom is -0.350 e. The van der Waals surface area contributed by atoms with Gasteiger partial charge < -0.3 is 5.32 Å². The van der Waals surface area contributed by atoms with Crippen molar-refractivity contribution in [2.45, 2.75) is 70.8 Å². The first-order chi connectivity index (χ1) is 8.40. The van der Waals surface area contributed by atoms with Crippen LogP contribution >= 0.6 is 0 Å². The highest BCUT2D eigenvalue weighted by molar-refractivity contribution is 5.81. The van der Waals surface area contributed by atoms with Crippen molar-refractivity contribution < 1.29 is 4.79 Å². The molecule has 0 saturated heterocycles. The van der Waals surface area contributed by atoms with Gasteiger partial charge in [-0.05, 0) is 68.1 Å². The van der Waals surface area contributed by atoms with Gasteiger partial charge in [0, 0.05) is 11.5 Å². The monoisotopic (exact) mass is 247 g/mol. The van der Waals surface area contributed by atoms with Gasteiger partial charge in [0.1, 0.15) is 0 Å². The highest BCUT2D eigenvalue weighted by Crippen LogP contribution is 2.66. The van der Waals surface area contributed by atoms with E-state index in [4.69, 9.17) is 0 Å². The lowest BCUT2D eigenvalue weighted by Crippen LogP contribution is -2.65. The van der Waals surface area contributed by atoms with Crippen LogP contribution in [0.4, 0.5) is 0 Å². The summed E-state index contributed by atoms with van der Waals surface area (Å²) in [5.41, 5.74) is 1.18. The molecule has 0 unspecified atom stereocenters. The van der Waals surface area contributed by atoms with Crippen molar-refractivity contribution >= 4 is 5.91 Å². The Kier molecular flexibility index (Phi) is 1.97. The lowest BCUT2D eigenvalue weighted by molar-refractivity contribution is -0.140. The summed E-state index contributed by atoms with van der Waals surface area (Å²) < 4.78 is 0. The third-order valence-corrected chi connectivity index (χ3v) is 5.96. The quantitative estimate of drug-likeness (QED) is 0.797. The Morgan fingerprint density at radius 1 is 1.00 bits per heavy atom. The fourth-order valence-electron chi connectivity index (χ4n) is 6.30. The van der Waals surface area contributed by atoms with Gasteiger partial charge in [0.25, 0.3) is 0 Å². The summed E-state index contributed by atoms with van der Waals surface area (Å²) in [7, 11) is 0. The Morgan fingerprint density at radius 3 is 2.11 bits per heavy atom. The maximum absolute atomic E-state index is 12.2. The summed E-state index contributed by atoms with van der Waals surface area (Å²) >= 11 is 0. The average Bonchev–Trinajstić information content (AvgIpc) is 2.91. The zero-order chi connectivity index (χ0) is 12.6. The molecule has 5 fully saturated rings. The molecule has 0 aromatic rings. The maximum Gasteiger partial charge on any atom is 0.223 e. The Hall–Kier alpha value is -0.530. The van der Waals surface area contributed by atoms with Gasteiger partial charge in [-0.25, -0.2) is 0 Å². The molecular formula is C16H25NO.